The van der Waals surface area contributed by atoms with Gasteiger partial charge in [0, 0.05) is 12.8 Å². The Morgan fingerprint density at radius 1 is 1.15 bits per heavy atom. The highest BCUT2D eigenvalue weighted by atomic mass is 16.5. The van der Waals surface area contributed by atoms with Gasteiger partial charge in [-0.25, -0.2) is 0 Å². The van der Waals surface area contributed by atoms with E-state index in [0.717, 1.165) is 31.6 Å². The van der Waals surface area contributed by atoms with Crippen LogP contribution in [0.15, 0.2) is 12.7 Å². The molecule has 4 saturated carbocycles. The summed E-state index contributed by atoms with van der Waals surface area (Å²) < 4.78 is 6.03. The van der Waals surface area contributed by atoms with Crippen molar-refractivity contribution in [1.82, 2.24) is 0 Å². The number of hydrogen-bond acceptors (Lipinski definition) is 3. The Kier molecular flexibility index (Phi) is 4.53. The van der Waals surface area contributed by atoms with Crippen LogP contribution in [0.25, 0.3) is 0 Å². The number of esters is 1. The number of carbonyl (C=O) groups excluding carboxylic acids is 1. The number of carbonyl (C=O) groups is 1. The maximum absolute atomic E-state index is 12.0. The third-order valence-electron chi connectivity index (χ3n) is 9.22. The zero-order chi connectivity index (χ0) is 18.7. The smallest absolute Gasteiger partial charge is 0.302 e. The molecule has 4 rings (SSSR count). The van der Waals surface area contributed by atoms with Crippen LogP contribution in [0.2, 0.25) is 0 Å². The molecule has 4 aliphatic carbocycles. The third-order valence-corrected chi connectivity index (χ3v) is 9.22. The van der Waals surface area contributed by atoms with Gasteiger partial charge in [-0.15, -0.1) is 6.58 Å². The fourth-order valence-electron chi connectivity index (χ4n) is 8.07. The van der Waals surface area contributed by atoms with Crippen molar-refractivity contribution in [3.8, 4) is 0 Å². The minimum absolute atomic E-state index is 0.0299. The van der Waals surface area contributed by atoms with Crippen molar-refractivity contribution in [2.75, 3.05) is 0 Å². The Labute approximate surface area is 158 Å². The van der Waals surface area contributed by atoms with Gasteiger partial charge in [-0.1, -0.05) is 19.9 Å². The third kappa shape index (κ3) is 2.60. The first-order valence-electron chi connectivity index (χ1n) is 10.8. The lowest BCUT2D eigenvalue weighted by Gasteiger charge is -2.62. The Morgan fingerprint density at radius 3 is 2.62 bits per heavy atom. The Hall–Kier alpha value is -0.830. The van der Waals surface area contributed by atoms with Crippen LogP contribution in [0.3, 0.4) is 0 Å². The molecule has 0 radical (unpaired) electrons. The fraction of sp³-hybridized carbons (Fsp3) is 0.870. The lowest BCUT2D eigenvalue weighted by molar-refractivity contribution is -0.196. The van der Waals surface area contributed by atoms with Crippen molar-refractivity contribution in [2.45, 2.75) is 84.3 Å². The van der Waals surface area contributed by atoms with Crippen molar-refractivity contribution in [1.29, 1.82) is 0 Å². The second-order valence-electron chi connectivity index (χ2n) is 10.3. The van der Waals surface area contributed by atoms with Gasteiger partial charge in [0.25, 0.3) is 0 Å². The molecule has 0 aromatic carbocycles. The first kappa shape index (κ1) is 18.5. The van der Waals surface area contributed by atoms with E-state index in [0.29, 0.717) is 23.7 Å². The molecule has 3 heteroatoms. The predicted octanol–water partition coefficient (Wildman–Crippen LogP) is 4.73. The molecular formula is C23H36O3. The van der Waals surface area contributed by atoms with Crippen molar-refractivity contribution in [2.24, 2.45) is 40.4 Å². The Balaban J connectivity index is 1.72. The van der Waals surface area contributed by atoms with Crippen molar-refractivity contribution in [3.63, 3.8) is 0 Å². The first-order valence-corrected chi connectivity index (χ1v) is 10.8. The van der Waals surface area contributed by atoms with Gasteiger partial charge in [-0.2, -0.15) is 0 Å². The highest BCUT2D eigenvalue weighted by Gasteiger charge is 2.63. The number of aliphatic hydroxyl groups is 1. The first-order chi connectivity index (χ1) is 12.3. The summed E-state index contributed by atoms with van der Waals surface area (Å²) in [6.45, 7) is 10.6. The molecule has 0 heterocycles. The molecule has 0 aromatic rings. The second-order valence-corrected chi connectivity index (χ2v) is 10.3. The molecule has 146 valence electrons. The summed E-state index contributed by atoms with van der Waals surface area (Å²) in [7, 11) is 0. The standard InChI is InChI=1S/C23H36O3/c1-5-15-7-9-19-18-8-6-16-12-17(25)10-11-22(16,3)21(18)20(26-14(2)24)13-23(15,19)4/h5,15-21,25H,1,6-13H2,2-4H3/t15-,16-,17+,18?,19?,20+,21?,22-,23+/m0/s1. The van der Waals surface area contributed by atoms with E-state index < -0.39 is 0 Å². The van der Waals surface area contributed by atoms with Gasteiger partial charge in [0.05, 0.1) is 6.10 Å². The molecular weight excluding hydrogens is 324 g/mol. The largest absolute Gasteiger partial charge is 0.462 e. The van der Waals surface area contributed by atoms with Gasteiger partial charge in [0.2, 0.25) is 0 Å². The molecule has 4 fully saturated rings. The van der Waals surface area contributed by atoms with Gasteiger partial charge < -0.3 is 9.84 Å². The van der Waals surface area contributed by atoms with Crippen LogP contribution in [-0.4, -0.2) is 23.3 Å². The van der Waals surface area contributed by atoms with Gasteiger partial charge in [0.15, 0.2) is 0 Å². The SMILES string of the molecule is C=C[C@H]1CCC2C3CC[C@H]4C[C@H](O)CC[C@]4(C)C3[C@H](OC(C)=O)C[C@@]21C. The van der Waals surface area contributed by atoms with E-state index in [-0.39, 0.29) is 29.0 Å². The Morgan fingerprint density at radius 2 is 1.92 bits per heavy atom. The number of hydrogen-bond donors (Lipinski definition) is 1. The molecule has 9 atom stereocenters. The van der Waals surface area contributed by atoms with Crippen LogP contribution in [-0.2, 0) is 9.53 Å². The highest BCUT2D eigenvalue weighted by molar-refractivity contribution is 5.66. The summed E-state index contributed by atoms with van der Waals surface area (Å²) in [6, 6.07) is 0. The molecule has 0 bridgehead atoms. The summed E-state index contributed by atoms with van der Waals surface area (Å²) in [4.78, 5) is 12.0. The van der Waals surface area contributed by atoms with Crippen LogP contribution < -0.4 is 0 Å². The van der Waals surface area contributed by atoms with Crippen LogP contribution in [0, 0.1) is 40.4 Å². The lowest BCUT2D eigenvalue weighted by Crippen LogP contribution is -2.59. The zero-order valence-electron chi connectivity index (χ0n) is 16.7. The predicted molar refractivity (Wildman–Crippen MR) is 102 cm³/mol. The van der Waals surface area contributed by atoms with Crippen LogP contribution >= 0.6 is 0 Å². The minimum Gasteiger partial charge on any atom is -0.462 e. The average molecular weight is 361 g/mol. The van der Waals surface area contributed by atoms with E-state index in [1.54, 1.807) is 6.92 Å². The normalized spacial score (nSPS) is 53.2. The minimum atomic E-state index is -0.137. The van der Waals surface area contributed by atoms with Crippen molar-refractivity contribution >= 4 is 5.97 Å². The highest BCUT2D eigenvalue weighted by Crippen LogP contribution is 2.68. The maximum atomic E-state index is 12.0. The average Bonchev–Trinajstić information content (AvgIpc) is 2.90. The van der Waals surface area contributed by atoms with Crippen molar-refractivity contribution < 1.29 is 14.6 Å². The molecule has 26 heavy (non-hydrogen) atoms. The van der Waals surface area contributed by atoms with Crippen LogP contribution in [0.5, 0.6) is 0 Å². The molecule has 0 aromatic heterocycles. The van der Waals surface area contributed by atoms with Gasteiger partial charge in [0.1, 0.15) is 6.10 Å². The second kappa shape index (κ2) is 6.36. The van der Waals surface area contributed by atoms with E-state index in [1.165, 1.54) is 25.7 Å². The molecule has 3 unspecified atom stereocenters. The lowest BCUT2D eigenvalue weighted by atomic mass is 9.44. The van der Waals surface area contributed by atoms with E-state index >= 15 is 0 Å². The topological polar surface area (TPSA) is 46.5 Å². The fourth-order valence-corrected chi connectivity index (χ4v) is 8.07. The van der Waals surface area contributed by atoms with E-state index in [4.69, 9.17) is 4.74 Å². The van der Waals surface area contributed by atoms with Crippen LogP contribution in [0.4, 0.5) is 0 Å². The number of rotatable bonds is 2. The number of allylic oxidation sites excluding steroid dienone is 1. The molecule has 4 aliphatic rings. The molecule has 0 saturated heterocycles. The summed E-state index contributed by atoms with van der Waals surface area (Å²) in [6.07, 6.45) is 11.0. The van der Waals surface area contributed by atoms with Crippen LogP contribution in [0.1, 0.15) is 72.1 Å². The van der Waals surface area contributed by atoms with Crippen molar-refractivity contribution in [3.05, 3.63) is 12.7 Å². The molecule has 0 spiro atoms. The zero-order valence-corrected chi connectivity index (χ0v) is 16.7. The van der Waals surface area contributed by atoms with E-state index in [1.807, 2.05) is 0 Å². The van der Waals surface area contributed by atoms with E-state index in [9.17, 15) is 9.90 Å². The summed E-state index contributed by atoms with van der Waals surface area (Å²) in [5, 5.41) is 10.2. The maximum Gasteiger partial charge on any atom is 0.302 e. The van der Waals surface area contributed by atoms with Gasteiger partial charge >= 0.3 is 5.97 Å². The summed E-state index contributed by atoms with van der Waals surface area (Å²) >= 11 is 0. The van der Waals surface area contributed by atoms with Gasteiger partial charge in [-0.05, 0) is 85.9 Å². The number of ether oxygens (including phenoxy) is 1. The summed E-state index contributed by atoms with van der Waals surface area (Å²) in [5.41, 5.74) is 0.427. The van der Waals surface area contributed by atoms with Gasteiger partial charge in [-0.3, -0.25) is 4.79 Å². The molecule has 1 N–H and O–H groups in total. The van der Waals surface area contributed by atoms with E-state index in [2.05, 4.69) is 26.5 Å². The Bertz CT molecular complexity index is 586. The quantitative estimate of drug-likeness (QED) is 0.572. The summed E-state index contributed by atoms with van der Waals surface area (Å²) in [5.74, 6) is 2.83. The molecule has 0 amide bonds. The number of fused-ring (bicyclic) bond motifs is 5. The monoisotopic (exact) mass is 360 g/mol. The number of aliphatic hydroxyl groups excluding tert-OH is 1. The molecule has 0 aliphatic heterocycles. The molecule has 3 nitrogen and oxygen atoms in total.